The Kier molecular flexibility index (Phi) is 3.78. The number of hydrogen-bond acceptors (Lipinski definition) is 1. The Hall–Kier alpha value is -1.26. The lowest BCUT2D eigenvalue weighted by Gasteiger charge is -2.22. The van der Waals surface area contributed by atoms with Gasteiger partial charge in [0.25, 0.3) is 0 Å². The van der Waals surface area contributed by atoms with Crippen LogP contribution in [0, 0.1) is 11.3 Å². The highest BCUT2D eigenvalue weighted by atomic mass is 35.5. The van der Waals surface area contributed by atoms with E-state index in [-0.39, 0.29) is 5.41 Å². The number of allylic oxidation sites excluding steroid dienone is 1. The molecule has 0 radical (unpaired) electrons. The molecule has 0 N–H and O–H groups in total. The molecule has 0 saturated carbocycles. The maximum atomic E-state index is 8.87. The summed E-state index contributed by atoms with van der Waals surface area (Å²) >= 11 is 6.23. The first kappa shape index (κ1) is 12.8. The zero-order valence-corrected chi connectivity index (χ0v) is 10.9. The van der Waals surface area contributed by atoms with E-state index in [2.05, 4.69) is 32.9 Å². The molecule has 0 atom stereocenters. The smallest absolute Gasteiger partial charge is 0.0959 e. The van der Waals surface area contributed by atoms with E-state index in [0.29, 0.717) is 10.6 Å². The molecule has 0 aromatic heterocycles. The van der Waals surface area contributed by atoms with Gasteiger partial charge in [-0.25, -0.2) is 0 Å². The molecule has 0 aliphatic heterocycles. The topological polar surface area (TPSA) is 23.8 Å². The Morgan fingerprint density at radius 1 is 1.25 bits per heavy atom. The molecule has 0 aliphatic carbocycles. The Bertz CT molecular complexity index is 458. The lowest BCUT2D eigenvalue weighted by atomic mass is 9.83. The Labute approximate surface area is 102 Å². The average Bonchev–Trinajstić information content (AvgIpc) is 2.26. The maximum absolute atomic E-state index is 8.87. The van der Waals surface area contributed by atoms with Crippen LogP contribution >= 0.6 is 11.6 Å². The lowest BCUT2D eigenvalue weighted by molar-refractivity contribution is 0.589. The number of hydrogen-bond donors (Lipinski definition) is 0. The van der Waals surface area contributed by atoms with Gasteiger partial charge < -0.3 is 0 Å². The molecule has 1 nitrogen and oxygen atoms in total. The van der Waals surface area contributed by atoms with E-state index in [0.717, 1.165) is 11.1 Å². The van der Waals surface area contributed by atoms with Crippen molar-refractivity contribution in [3.8, 4) is 6.07 Å². The minimum absolute atomic E-state index is 0.0203. The fourth-order valence-corrected chi connectivity index (χ4v) is 1.79. The molecule has 0 unspecified atom stereocenters. The average molecular weight is 234 g/mol. The summed E-state index contributed by atoms with van der Waals surface area (Å²) in [7, 11) is 0. The van der Waals surface area contributed by atoms with Crippen LogP contribution in [-0.2, 0) is 5.41 Å². The van der Waals surface area contributed by atoms with Gasteiger partial charge >= 0.3 is 0 Å². The van der Waals surface area contributed by atoms with Gasteiger partial charge in [0.1, 0.15) is 0 Å². The fourth-order valence-electron chi connectivity index (χ4n) is 1.58. The Morgan fingerprint density at radius 2 is 1.81 bits per heavy atom. The zero-order chi connectivity index (χ0) is 12.3. The second-order valence-corrected chi connectivity index (χ2v) is 5.22. The first-order valence-corrected chi connectivity index (χ1v) is 5.62. The van der Waals surface area contributed by atoms with Crippen molar-refractivity contribution in [1.29, 1.82) is 5.26 Å². The molecule has 0 bridgehead atoms. The number of benzene rings is 1. The van der Waals surface area contributed by atoms with E-state index in [1.807, 2.05) is 18.2 Å². The molecule has 1 aromatic rings. The van der Waals surface area contributed by atoms with E-state index in [1.165, 1.54) is 0 Å². The summed E-state index contributed by atoms with van der Waals surface area (Å²) in [5, 5.41) is 9.42. The van der Waals surface area contributed by atoms with Gasteiger partial charge in [-0.1, -0.05) is 56.6 Å². The standard InChI is InChI=1S/C14H16ClN/c1-10(9-16)13(15)11-7-5-6-8-12(11)14(2,3)4/h5-8H,1-4H3/b13-10-. The molecule has 0 aliphatic rings. The van der Waals surface area contributed by atoms with Crippen LogP contribution in [0.4, 0.5) is 0 Å². The third-order valence-electron chi connectivity index (χ3n) is 2.47. The van der Waals surface area contributed by atoms with Crippen LogP contribution in [0.3, 0.4) is 0 Å². The summed E-state index contributed by atoms with van der Waals surface area (Å²) in [6, 6.07) is 10.0. The van der Waals surface area contributed by atoms with Crippen LogP contribution in [0.2, 0.25) is 0 Å². The van der Waals surface area contributed by atoms with E-state index < -0.39 is 0 Å². The van der Waals surface area contributed by atoms with Gasteiger partial charge in [-0.2, -0.15) is 5.26 Å². The molecule has 16 heavy (non-hydrogen) atoms. The first-order valence-electron chi connectivity index (χ1n) is 5.24. The molecule has 1 aromatic carbocycles. The minimum Gasteiger partial charge on any atom is -0.193 e. The van der Waals surface area contributed by atoms with E-state index >= 15 is 0 Å². The molecule has 0 spiro atoms. The van der Waals surface area contributed by atoms with Crippen LogP contribution in [0.25, 0.3) is 5.03 Å². The maximum Gasteiger partial charge on any atom is 0.0959 e. The fraction of sp³-hybridized carbons (Fsp3) is 0.357. The van der Waals surface area contributed by atoms with Crippen LogP contribution in [0.5, 0.6) is 0 Å². The quantitative estimate of drug-likeness (QED) is 0.657. The van der Waals surface area contributed by atoms with Crippen molar-refractivity contribution in [2.24, 2.45) is 0 Å². The van der Waals surface area contributed by atoms with Crippen molar-refractivity contribution in [1.82, 2.24) is 0 Å². The number of rotatable bonds is 1. The van der Waals surface area contributed by atoms with Gasteiger partial charge in [0.15, 0.2) is 0 Å². The molecule has 0 heterocycles. The molecule has 0 saturated heterocycles. The van der Waals surface area contributed by atoms with Gasteiger partial charge in [-0.15, -0.1) is 0 Å². The molecular formula is C14H16ClN. The van der Waals surface area contributed by atoms with Crippen molar-refractivity contribution in [2.45, 2.75) is 33.1 Å². The summed E-state index contributed by atoms with van der Waals surface area (Å²) < 4.78 is 0. The SMILES string of the molecule is C/C(C#N)=C(/Cl)c1ccccc1C(C)(C)C. The Balaban J connectivity index is 3.43. The summed E-state index contributed by atoms with van der Waals surface area (Å²) in [6.07, 6.45) is 0. The molecule has 1 rings (SSSR count). The summed E-state index contributed by atoms with van der Waals surface area (Å²) in [5.41, 5.74) is 2.69. The summed E-state index contributed by atoms with van der Waals surface area (Å²) in [4.78, 5) is 0. The van der Waals surface area contributed by atoms with Crippen molar-refractivity contribution in [2.75, 3.05) is 0 Å². The van der Waals surface area contributed by atoms with Gasteiger partial charge in [0.05, 0.1) is 11.1 Å². The highest BCUT2D eigenvalue weighted by Gasteiger charge is 2.19. The highest BCUT2D eigenvalue weighted by molar-refractivity contribution is 6.49. The number of nitrogens with zero attached hydrogens (tertiary/aromatic N) is 1. The van der Waals surface area contributed by atoms with Gasteiger partial charge in [-0.3, -0.25) is 0 Å². The van der Waals surface area contributed by atoms with Crippen molar-refractivity contribution in [3.63, 3.8) is 0 Å². The van der Waals surface area contributed by atoms with Gasteiger partial charge in [-0.05, 0) is 23.5 Å². The van der Waals surface area contributed by atoms with Crippen molar-refractivity contribution < 1.29 is 0 Å². The molecule has 0 amide bonds. The van der Waals surface area contributed by atoms with Crippen LogP contribution in [0.1, 0.15) is 38.8 Å². The monoisotopic (exact) mass is 233 g/mol. The van der Waals surface area contributed by atoms with Crippen LogP contribution < -0.4 is 0 Å². The second-order valence-electron chi connectivity index (χ2n) is 4.85. The third kappa shape index (κ3) is 2.65. The van der Waals surface area contributed by atoms with Gasteiger partial charge in [0, 0.05) is 5.57 Å². The highest BCUT2D eigenvalue weighted by Crippen LogP contribution is 2.33. The van der Waals surface area contributed by atoms with Gasteiger partial charge in [0.2, 0.25) is 0 Å². The van der Waals surface area contributed by atoms with E-state index in [4.69, 9.17) is 16.9 Å². The van der Waals surface area contributed by atoms with Crippen LogP contribution in [-0.4, -0.2) is 0 Å². The molecule has 84 valence electrons. The van der Waals surface area contributed by atoms with E-state index in [9.17, 15) is 0 Å². The number of nitriles is 1. The predicted octanol–water partition coefficient (Wildman–Crippen LogP) is 4.48. The van der Waals surface area contributed by atoms with Crippen molar-refractivity contribution in [3.05, 3.63) is 41.0 Å². The normalized spacial score (nSPS) is 13.0. The largest absolute Gasteiger partial charge is 0.193 e. The number of halogens is 1. The molecule has 2 heteroatoms. The van der Waals surface area contributed by atoms with Crippen molar-refractivity contribution >= 4 is 16.6 Å². The Morgan fingerprint density at radius 3 is 2.31 bits per heavy atom. The predicted molar refractivity (Wildman–Crippen MR) is 69.2 cm³/mol. The first-order chi connectivity index (χ1) is 7.38. The van der Waals surface area contributed by atoms with E-state index in [1.54, 1.807) is 6.92 Å². The summed E-state index contributed by atoms with van der Waals surface area (Å²) in [6.45, 7) is 8.15. The van der Waals surface area contributed by atoms with Crippen LogP contribution in [0.15, 0.2) is 29.8 Å². The summed E-state index contributed by atoms with van der Waals surface area (Å²) in [5.74, 6) is 0. The third-order valence-corrected chi connectivity index (χ3v) is 2.96. The molecule has 0 fully saturated rings. The zero-order valence-electron chi connectivity index (χ0n) is 10.1. The molecular weight excluding hydrogens is 218 g/mol. The lowest BCUT2D eigenvalue weighted by Crippen LogP contribution is -2.13. The second kappa shape index (κ2) is 4.72. The minimum atomic E-state index is 0.0203.